The van der Waals surface area contributed by atoms with Crippen molar-refractivity contribution in [1.29, 1.82) is 0 Å². The number of fused-ring (bicyclic) bond motifs is 1. The molecule has 2 unspecified atom stereocenters. The van der Waals surface area contributed by atoms with E-state index in [9.17, 15) is 8.42 Å². The Morgan fingerprint density at radius 1 is 1.37 bits per heavy atom. The molecule has 2 atom stereocenters. The number of rotatable bonds is 4. The van der Waals surface area contributed by atoms with Crippen molar-refractivity contribution < 1.29 is 22.1 Å². The molecule has 1 aromatic rings. The summed E-state index contributed by atoms with van der Waals surface area (Å²) in [5.74, 6) is 1.11. The molecule has 0 aromatic heterocycles. The standard InChI is InChI=1S/C13H18O5S/c1-5-16-13-9(3)12-8(2)10(18-19(4,14)15)6-7-11(12)17-13/h6-7,9,13H,5H2,1-4H3. The van der Waals surface area contributed by atoms with Gasteiger partial charge in [0.25, 0.3) is 0 Å². The van der Waals surface area contributed by atoms with Crippen LogP contribution in [0.1, 0.15) is 30.9 Å². The zero-order valence-electron chi connectivity index (χ0n) is 11.5. The average Bonchev–Trinajstić information content (AvgIpc) is 2.60. The summed E-state index contributed by atoms with van der Waals surface area (Å²) in [6.07, 6.45) is 0.704. The molecule has 106 valence electrons. The topological polar surface area (TPSA) is 61.8 Å². The highest BCUT2D eigenvalue weighted by atomic mass is 32.2. The molecule has 0 radical (unpaired) electrons. The fraction of sp³-hybridized carbons (Fsp3) is 0.538. The molecule has 0 fully saturated rings. The molecule has 2 rings (SSSR count). The Balaban J connectivity index is 2.37. The van der Waals surface area contributed by atoms with Crippen molar-refractivity contribution >= 4 is 10.1 Å². The monoisotopic (exact) mass is 286 g/mol. The third-order valence-corrected chi connectivity index (χ3v) is 3.59. The lowest BCUT2D eigenvalue weighted by Gasteiger charge is -2.15. The van der Waals surface area contributed by atoms with Gasteiger partial charge in [0, 0.05) is 23.7 Å². The van der Waals surface area contributed by atoms with Crippen molar-refractivity contribution in [3.05, 3.63) is 23.3 Å². The highest BCUT2D eigenvalue weighted by Gasteiger charge is 2.34. The van der Waals surface area contributed by atoms with Crippen LogP contribution < -0.4 is 8.92 Å². The Morgan fingerprint density at radius 2 is 2.05 bits per heavy atom. The van der Waals surface area contributed by atoms with Gasteiger partial charge in [0.15, 0.2) is 0 Å². The summed E-state index contributed by atoms with van der Waals surface area (Å²) in [6, 6.07) is 3.33. The number of hydrogen-bond acceptors (Lipinski definition) is 5. The molecule has 6 heteroatoms. The minimum absolute atomic E-state index is 0.0399. The van der Waals surface area contributed by atoms with Crippen molar-refractivity contribution in [1.82, 2.24) is 0 Å². The molecule has 0 N–H and O–H groups in total. The third kappa shape index (κ3) is 2.84. The predicted octanol–water partition coefficient (Wildman–Crippen LogP) is 2.19. The van der Waals surface area contributed by atoms with Gasteiger partial charge in [0.05, 0.1) is 6.26 Å². The van der Waals surface area contributed by atoms with Crippen LogP contribution in [-0.4, -0.2) is 27.6 Å². The molecule has 1 aliphatic rings. The second-order valence-corrected chi connectivity index (χ2v) is 6.19. The Hall–Kier alpha value is -1.27. The van der Waals surface area contributed by atoms with E-state index in [4.69, 9.17) is 13.7 Å². The van der Waals surface area contributed by atoms with Gasteiger partial charge in [-0.25, -0.2) is 0 Å². The first-order chi connectivity index (χ1) is 8.83. The Labute approximate surface area is 113 Å². The summed E-state index contributed by atoms with van der Waals surface area (Å²) >= 11 is 0. The Bertz CT molecular complexity index is 579. The van der Waals surface area contributed by atoms with Gasteiger partial charge in [-0.3, -0.25) is 0 Å². The fourth-order valence-corrected chi connectivity index (χ4v) is 2.82. The molecule has 1 aromatic carbocycles. The van der Waals surface area contributed by atoms with Gasteiger partial charge in [0.1, 0.15) is 11.5 Å². The van der Waals surface area contributed by atoms with Gasteiger partial charge in [-0.1, -0.05) is 6.92 Å². The first kappa shape index (κ1) is 14.1. The average molecular weight is 286 g/mol. The zero-order valence-corrected chi connectivity index (χ0v) is 12.3. The summed E-state index contributed by atoms with van der Waals surface area (Å²) in [4.78, 5) is 0. The molecule has 0 saturated carbocycles. The van der Waals surface area contributed by atoms with Gasteiger partial charge in [-0.05, 0) is 26.0 Å². The first-order valence-electron chi connectivity index (χ1n) is 6.14. The van der Waals surface area contributed by atoms with Crippen LogP contribution in [0.25, 0.3) is 0 Å². The van der Waals surface area contributed by atoms with Crippen LogP contribution in [0.2, 0.25) is 0 Å². The molecule has 1 heterocycles. The SMILES string of the molecule is CCOC1Oc2ccc(OS(C)(=O)=O)c(C)c2C1C. The van der Waals surface area contributed by atoms with Gasteiger partial charge in [0.2, 0.25) is 6.29 Å². The maximum absolute atomic E-state index is 11.2. The van der Waals surface area contributed by atoms with Crippen molar-refractivity contribution in [2.75, 3.05) is 12.9 Å². The molecule has 0 aliphatic carbocycles. The molecule has 0 saturated heterocycles. The van der Waals surface area contributed by atoms with Crippen LogP contribution in [0.5, 0.6) is 11.5 Å². The van der Waals surface area contributed by atoms with Crippen LogP contribution in [0.15, 0.2) is 12.1 Å². The lowest BCUT2D eigenvalue weighted by molar-refractivity contribution is -0.0733. The zero-order chi connectivity index (χ0) is 14.2. The smallest absolute Gasteiger partial charge is 0.306 e. The normalized spacial score (nSPS) is 21.9. The maximum Gasteiger partial charge on any atom is 0.306 e. The second-order valence-electron chi connectivity index (χ2n) is 4.62. The number of ether oxygens (including phenoxy) is 2. The summed E-state index contributed by atoms with van der Waals surface area (Å²) in [5.41, 5.74) is 1.72. The molecule has 5 nitrogen and oxygen atoms in total. The van der Waals surface area contributed by atoms with E-state index in [0.717, 1.165) is 23.1 Å². The lowest BCUT2D eigenvalue weighted by atomic mass is 9.96. The van der Waals surface area contributed by atoms with Gasteiger partial charge in [-0.2, -0.15) is 8.42 Å². The molecule has 0 amide bonds. The molecular formula is C13H18O5S. The van der Waals surface area contributed by atoms with Gasteiger partial charge in [-0.15, -0.1) is 0 Å². The van der Waals surface area contributed by atoms with Gasteiger partial charge >= 0.3 is 10.1 Å². The van der Waals surface area contributed by atoms with Crippen LogP contribution in [0.3, 0.4) is 0 Å². The third-order valence-electron chi connectivity index (χ3n) is 3.10. The summed E-state index contributed by atoms with van der Waals surface area (Å²) in [6.45, 7) is 6.29. The summed E-state index contributed by atoms with van der Waals surface area (Å²) in [7, 11) is -3.53. The number of benzene rings is 1. The van der Waals surface area contributed by atoms with Crippen molar-refractivity contribution in [3.63, 3.8) is 0 Å². The molecule has 0 bridgehead atoms. The van der Waals surface area contributed by atoms with E-state index in [1.54, 1.807) is 12.1 Å². The van der Waals surface area contributed by atoms with Crippen LogP contribution in [-0.2, 0) is 14.9 Å². The van der Waals surface area contributed by atoms with E-state index in [-0.39, 0.29) is 12.2 Å². The van der Waals surface area contributed by atoms with Crippen molar-refractivity contribution in [3.8, 4) is 11.5 Å². The summed E-state index contributed by atoms with van der Waals surface area (Å²) < 4.78 is 38.6. The first-order valence-corrected chi connectivity index (χ1v) is 7.96. The molecule has 19 heavy (non-hydrogen) atoms. The summed E-state index contributed by atoms with van der Waals surface area (Å²) in [5, 5.41) is 0. The second kappa shape index (κ2) is 5.02. The van der Waals surface area contributed by atoms with Crippen LogP contribution in [0, 0.1) is 6.92 Å². The fourth-order valence-electron chi connectivity index (χ4n) is 2.31. The minimum Gasteiger partial charge on any atom is -0.464 e. The highest BCUT2D eigenvalue weighted by molar-refractivity contribution is 7.86. The maximum atomic E-state index is 11.2. The van der Waals surface area contributed by atoms with Crippen LogP contribution >= 0.6 is 0 Å². The Morgan fingerprint density at radius 3 is 2.63 bits per heavy atom. The largest absolute Gasteiger partial charge is 0.464 e. The van der Waals surface area contributed by atoms with E-state index in [0.29, 0.717) is 12.4 Å². The molecular weight excluding hydrogens is 268 g/mol. The van der Waals surface area contributed by atoms with E-state index in [1.807, 2.05) is 20.8 Å². The predicted molar refractivity (Wildman–Crippen MR) is 71.1 cm³/mol. The van der Waals surface area contributed by atoms with E-state index in [1.165, 1.54) is 0 Å². The lowest BCUT2D eigenvalue weighted by Crippen LogP contribution is -2.20. The molecule has 0 spiro atoms. The molecule has 1 aliphatic heterocycles. The van der Waals surface area contributed by atoms with E-state index >= 15 is 0 Å². The quantitative estimate of drug-likeness (QED) is 0.794. The minimum atomic E-state index is -3.53. The van der Waals surface area contributed by atoms with E-state index < -0.39 is 10.1 Å². The number of hydrogen-bond donors (Lipinski definition) is 0. The van der Waals surface area contributed by atoms with Crippen LogP contribution in [0.4, 0.5) is 0 Å². The van der Waals surface area contributed by atoms with Crippen molar-refractivity contribution in [2.24, 2.45) is 0 Å². The van der Waals surface area contributed by atoms with Gasteiger partial charge < -0.3 is 13.7 Å². The van der Waals surface area contributed by atoms with Crippen molar-refractivity contribution in [2.45, 2.75) is 33.0 Å². The highest BCUT2D eigenvalue weighted by Crippen LogP contribution is 2.43. The van der Waals surface area contributed by atoms with E-state index in [2.05, 4.69) is 0 Å². The Kier molecular flexibility index (Phi) is 3.73.